The van der Waals surface area contributed by atoms with Crippen LogP contribution in [-0.2, 0) is 4.79 Å². The first-order valence-electron chi connectivity index (χ1n) is 5.35. The lowest BCUT2D eigenvalue weighted by Gasteiger charge is -2.34. The van der Waals surface area contributed by atoms with E-state index in [1.165, 1.54) is 0 Å². The molecule has 1 heterocycles. The number of rotatable bonds is 1. The van der Waals surface area contributed by atoms with E-state index in [1.807, 2.05) is 29.6 Å². The van der Waals surface area contributed by atoms with E-state index in [-0.39, 0.29) is 5.91 Å². The predicted octanol–water partition coefficient (Wildman–Crippen LogP) is -0.00260. The molecule has 1 aromatic rings. The normalized spacial score (nSPS) is 20.9. The summed E-state index contributed by atoms with van der Waals surface area (Å²) in [5.74, 6) is -0.0637. The molecule has 0 aromatic heterocycles. The number of benzene rings is 1. The van der Waals surface area contributed by atoms with Crippen molar-refractivity contribution < 1.29 is 15.2 Å². The number of anilines is 1. The SMILES string of the molecule is CN1C(=O)[C@H](C(C)(C)O)[NH2+]c2ccccc21. The zero-order valence-corrected chi connectivity index (χ0v) is 9.77. The van der Waals surface area contributed by atoms with Crippen LogP contribution in [0.5, 0.6) is 0 Å². The summed E-state index contributed by atoms with van der Waals surface area (Å²) in [5.41, 5.74) is 0.864. The van der Waals surface area contributed by atoms with Gasteiger partial charge in [-0.1, -0.05) is 12.1 Å². The first-order chi connectivity index (χ1) is 7.41. The maximum atomic E-state index is 12.1. The van der Waals surface area contributed by atoms with E-state index in [0.29, 0.717) is 0 Å². The number of hydrogen-bond donors (Lipinski definition) is 2. The van der Waals surface area contributed by atoms with E-state index in [1.54, 1.807) is 25.8 Å². The quantitative estimate of drug-likeness (QED) is 0.656. The average Bonchev–Trinajstić information content (AvgIpc) is 2.22. The van der Waals surface area contributed by atoms with Gasteiger partial charge in [0, 0.05) is 13.1 Å². The lowest BCUT2D eigenvalue weighted by atomic mass is 9.95. The van der Waals surface area contributed by atoms with Gasteiger partial charge in [-0.05, 0) is 19.9 Å². The van der Waals surface area contributed by atoms with Crippen LogP contribution in [0.2, 0.25) is 0 Å². The molecule has 16 heavy (non-hydrogen) atoms. The minimum Gasteiger partial charge on any atom is -0.384 e. The van der Waals surface area contributed by atoms with Crippen LogP contribution < -0.4 is 10.2 Å². The van der Waals surface area contributed by atoms with Crippen molar-refractivity contribution in [1.29, 1.82) is 0 Å². The standard InChI is InChI=1S/C12H16N2O2/c1-12(2,16)10-11(15)14(3)9-7-5-4-6-8(9)13-10/h4-7,10,13,16H,1-3H3/p+1/t10-/m1/s1. The van der Waals surface area contributed by atoms with Gasteiger partial charge in [0.25, 0.3) is 5.91 Å². The van der Waals surface area contributed by atoms with Gasteiger partial charge in [0.2, 0.25) is 0 Å². The first kappa shape index (κ1) is 11.1. The van der Waals surface area contributed by atoms with Gasteiger partial charge in [-0.15, -0.1) is 0 Å². The second-order valence-corrected chi connectivity index (χ2v) is 4.75. The Balaban J connectivity index is 2.44. The van der Waals surface area contributed by atoms with Gasteiger partial charge in [-0.25, -0.2) is 0 Å². The van der Waals surface area contributed by atoms with Gasteiger partial charge in [-0.3, -0.25) is 10.1 Å². The van der Waals surface area contributed by atoms with Gasteiger partial charge in [0.1, 0.15) is 11.3 Å². The van der Waals surface area contributed by atoms with Crippen LogP contribution in [-0.4, -0.2) is 29.7 Å². The van der Waals surface area contributed by atoms with E-state index < -0.39 is 11.6 Å². The molecule has 2 rings (SSSR count). The topological polar surface area (TPSA) is 57.2 Å². The van der Waals surface area contributed by atoms with Crippen LogP contribution in [0.3, 0.4) is 0 Å². The molecular weight excluding hydrogens is 204 g/mol. The molecular formula is C12H17N2O2+. The van der Waals surface area contributed by atoms with Crippen LogP contribution in [0.15, 0.2) is 24.3 Å². The second-order valence-electron chi connectivity index (χ2n) is 4.75. The number of carbonyl (C=O) groups excluding carboxylic acids is 1. The third-order valence-corrected chi connectivity index (χ3v) is 3.00. The van der Waals surface area contributed by atoms with E-state index in [4.69, 9.17) is 0 Å². The van der Waals surface area contributed by atoms with Crippen LogP contribution in [0, 0.1) is 0 Å². The first-order valence-corrected chi connectivity index (χ1v) is 5.35. The Hall–Kier alpha value is -1.39. The van der Waals surface area contributed by atoms with E-state index in [0.717, 1.165) is 11.4 Å². The van der Waals surface area contributed by atoms with Gasteiger partial charge >= 0.3 is 0 Å². The van der Waals surface area contributed by atoms with Crippen molar-refractivity contribution in [3.8, 4) is 0 Å². The molecule has 0 spiro atoms. The van der Waals surface area contributed by atoms with Gasteiger partial charge in [-0.2, -0.15) is 0 Å². The lowest BCUT2D eigenvalue weighted by Crippen LogP contribution is -2.94. The summed E-state index contributed by atoms with van der Waals surface area (Å²) in [7, 11) is 1.74. The molecule has 0 saturated heterocycles. The molecule has 86 valence electrons. The van der Waals surface area contributed by atoms with Crippen molar-refractivity contribution in [3.63, 3.8) is 0 Å². The molecule has 0 aliphatic carbocycles. The molecule has 4 heteroatoms. The summed E-state index contributed by atoms with van der Waals surface area (Å²) in [4.78, 5) is 13.7. The summed E-state index contributed by atoms with van der Waals surface area (Å²) in [6.07, 6.45) is 0. The molecule has 1 atom stereocenters. The lowest BCUT2D eigenvalue weighted by molar-refractivity contribution is -0.614. The van der Waals surface area contributed by atoms with Crippen molar-refractivity contribution in [2.24, 2.45) is 0 Å². The number of nitrogens with zero attached hydrogens (tertiary/aromatic N) is 1. The predicted molar refractivity (Wildman–Crippen MR) is 61.5 cm³/mol. The smallest absolute Gasteiger partial charge is 0.288 e. The van der Waals surface area contributed by atoms with Crippen molar-refractivity contribution >= 4 is 17.3 Å². The molecule has 4 nitrogen and oxygen atoms in total. The summed E-state index contributed by atoms with van der Waals surface area (Å²) in [5, 5.41) is 11.8. The minimum absolute atomic E-state index is 0.0637. The maximum absolute atomic E-state index is 12.1. The van der Waals surface area contributed by atoms with E-state index >= 15 is 0 Å². The number of para-hydroxylation sites is 2. The van der Waals surface area contributed by atoms with E-state index in [9.17, 15) is 9.90 Å². The molecule has 1 aromatic carbocycles. The molecule has 3 N–H and O–H groups in total. The summed E-state index contributed by atoms with van der Waals surface area (Å²) < 4.78 is 0. The highest BCUT2D eigenvalue weighted by molar-refractivity contribution is 6.00. The Morgan fingerprint density at radius 3 is 2.62 bits per heavy atom. The van der Waals surface area contributed by atoms with Crippen molar-refractivity contribution in [1.82, 2.24) is 0 Å². The number of quaternary nitrogens is 1. The molecule has 0 unspecified atom stereocenters. The fraction of sp³-hybridized carbons (Fsp3) is 0.417. The molecule has 0 fully saturated rings. The Labute approximate surface area is 94.9 Å². The van der Waals surface area contributed by atoms with Crippen LogP contribution in [0.25, 0.3) is 0 Å². The van der Waals surface area contributed by atoms with Gasteiger partial charge in [0.15, 0.2) is 11.7 Å². The summed E-state index contributed by atoms with van der Waals surface area (Å²) in [6, 6.07) is 7.22. The zero-order chi connectivity index (χ0) is 11.9. The average molecular weight is 221 g/mol. The molecule has 1 amide bonds. The van der Waals surface area contributed by atoms with Gasteiger partial charge in [0.05, 0.1) is 0 Å². The maximum Gasteiger partial charge on any atom is 0.288 e. The molecule has 1 aliphatic heterocycles. The Bertz CT molecular complexity index is 423. The number of fused-ring (bicyclic) bond motifs is 1. The minimum atomic E-state index is -1.03. The highest BCUT2D eigenvalue weighted by Crippen LogP contribution is 2.26. The summed E-state index contributed by atoms with van der Waals surface area (Å²) >= 11 is 0. The Morgan fingerprint density at radius 1 is 1.38 bits per heavy atom. The molecule has 0 bridgehead atoms. The van der Waals surface area contributed by atoms with E-state index in [2.05, 4.69) is 0 Å². The number of hydrogen-bond acceptors (Lipinski definition) is 2. The number of amides is 1. The highest BCUT2D eigenvalue weighted by atomic mass is 16.3. The Morgan fingerprint density at radius 2 is 2.00 bits per heavy atom. The van der Waals surface area contributed by atoms with Crippen LogP contribution >= 0.6 is 0 Å². The Kier molecular flexibility index (Phi) is 2.48. The second kappa shape index (κ2) is 3.57. The fourth-order valence-electron chi connectivity index (χ4n) is 2.02. The highest BCUT2D eigenvalue weighted by Gasteiger charge is 2.43. The third-order valence-electron chi connectivity index (χ3n) is 3.00. The molecule has 0 saturated carbocycles. The van der Waals surface area contributed by atoms with Crippen molar-refractivity contribution in [2.45, 2.75) is 25.5 Å². The van der Waals surface area contributed by atoms with Crippen LogP contribution in [0.4, 0.5) is 11.4 Å². The monoisotopic (exact) mass is 221 g/mol. The zero-order valence-electron chi connectivity index (χ0n) is 9.77. The largest absolute Gasteiger partial charge is 0.384 e. The molecule has 1 aliphatic rings. The number of nitrogens with two attached hydrogens (primary N) is 1. The number of aliphatic hydroxyl groups is 1. The van der Waals surface area contributed by atoms with Gasteiger partial charge < -0.3 is 10.0 Å². The fourth-order valence-corrected chi connectivity index (χ4v) is 2.02. The summed E-state index contributed by atoms with van der Waals surface area (Å²) in [6.45, 7) is 3.32. The third kappa shape index (κ3) is 1.70. The molecule has 0 radical (unpaired) electrons. The van der Waals surface area contributed by atoms with Crippen molar-refractivity contribution in [2.75, 3.05) is 11.9 Å². The van der Waals surface area contributed by atoms with Crippen molar-refractivity contribution in [3.05, 3.63) is 24.3 Å². The number of carbonyl (C=O) groups is 1. The van der Waals surface area contributed by atoms with Crippen LogP contribution in [0.1, 0.15) is 13.8 Å². The number of likely N-dealkylation sites (N-methyl/N-ethyl adjacent to an activating group) is 1.